The molecule has 1 aromatic carbocycles. The molecule has 0 unspecified atom stereocenters. The van der Waals surface area contributed by atoms with Crippen LogP contribution in [0.1, 0.15) is 32.0 Å². The molecule has 1 N–H and O–H groups in total. The van der Waals surface area contributed by atoms with Gasteiger partial charge >= 0.3 is 18.4 Å². The van der Waals surface area contributed by atoms with E-state index < -0.39 is 42.4 Å². The lowest BCUT2D eigenvalue weighted by Crippen LogP contribution is -2.50. The predicted molar refractivity (Wildman–Crippen MR) is 130 cm³/mol. The smallest absolute Gasteiger partial charge is 0.434 e. The molecule has 2 heterocycles. The summed E-state index contributed by atoms with van der Waals surface area (Å²) in [5.41, 5.74) is -1.10. The Morgan fingerprint density at radius 2 is 1.70 bits per heavy atom. The summed E-state index contributed by atoms with van der Waals surface area (Å²) in [5, 5.41) is 1.45. The van der Waals surface area contributed by atoms with Crippen molar-refractivity contribution >= 4 is 17.7 Å². The zero-order chi connectivity index (χ0) is 29.9. The zero-order valence-electron chi connectivity index (χ0n) is 21.5. The van der Waals surface area contributed by atoms with Gasteiger partial charge < -0.3 is 24.1 Å². The van der Waals surface area contributed by atoms with Gasteiger partial charge in [0.05, 0.1) is 6.20 Å². The van der Waals surface area contributed by atoms with Crippen molar-refractivity contribution in [1.82, 2.24) is 24.8 Å². The Hall–Kier alpha value is -3.75. The van der Waals surface area contributed by atoms with E-state index in [4.69, 9.17) is 25.8 Å². The number of amides is 1. The van der Waals surface area contributed by atoms with Gasteiger partial charge in [-0.2, -0.15) is 31.3 Å². The van der Waals surface area contributed by atoms with Crippen LogP contribution in [0.2, 0.25) is 5.28 Å². The number of aryl methyl sites for hydroxylation is 1. The fourth-order valence-electron chi connectivity index (χ4n) is 3.15. The zero-order valence-corrected chi connectivity index (χ0v) is 22.3. The van der Waals surface area contributed by atoms with Crippen molar-refractivity contribution in [3.05, 3.63) is 53.2 Å². The molecule has 3 aromatic rings. The molecule has 0 saturated carbocycles. The van der Waals surface area contributed by atoms with E-state index in [-0.39, 0.29) is 29.3 Å². The standard InChI is InChI=1S/C24H24ClF6N5O4/c1-22(2,3)40-21(37)34-17(24(29,30)31)12-38-15-9-32-20(25)35-19(15)39-11-13-5-7-14(8-6-13)18-33-16(10-36(18)4)23(26,27)28/h5-10,17H,11-12H2,1-4H3,(H,34,37)/t17-/m1/s1. The Labute approximate surface area is 229 Å². The van der Waals surface area contributed by atoms with Crippen molar-refractivity contribution in [2.24, 2.45) is 7.05 Å². The van der Waals surface area contributed by atoms with Gasteiger partial charge in [-0.3, -0.25) is 0 Å². The lowest BCUT2D eigenvalue weighted by atomic mass is 10.1. The highest BCUT2D eigenvalue weighted by Crippen LogP contribution is 2.31. The van der Waals surface area contributed by atoms with Crippen LogP contribution in [0.15, 0.2) is 36.7 Å². The largest absolute Gasteiger partial charge is 0.484 e. The first kappa shape index (κ1) is 30.8. The highest BCUT2D eigenvalue weighted by Gasteiger charge is 2.42. The molecule has 40 heavy (non-hydrogen) atoms. The van der Waals surface area contributed by atoms with Gasteiger partial charge in [-0.05, 0) is 37.9 Å². The number of carbonyl (C=O) groups excluding carboxylic acids is 1. The molecule has 0 fully saturated rings. The van der Waals surface area contributed by atoms with Crippen LogP contribution in [0, 0.1) is 0 Å². The third-order valence-corrected chi connectivity index (χ3v) is 5.12. The average molecular weight is 596 g/mol. The number of imidazole rings is 1. The van der Waals surface area contributed by atoms with Gasteiger partial charge in [0.15, 0.2) is 17.5 Å². The number of nitrogens with zero attached hydrogens (tertiary/aromatic N) is 4. The number of ether oxygens (including phenoxy) is 3. The summed E-state index contributed by atoms with van der Waals surface area (Å²) in [6, 6.07) is 3.75. The second-order valence-electron chi connectivity index (χ2n) is 9.40. The molecule has 16 heteroatoms. The number of carbonyl (C=O) groups is 1. The average Bonchev–Trinajstić information content (AvgIpc) is 3.22. The van der Waals surface area contributed by atoms with E-state index in [1.54, 1.807) is 17.4 Å². The molecule has 0 spiro atoms. The summed E-state index contributed by atoms with van der Waals surface area (Å²) in [5.74, 6) is -0.465. The normalized spacial score (nSPS) is 13.1. The van der Waals surface area contributed by atoms with Crippen molar-refractivity contribution in [3.63, 3.8) is 0 Å². The Morgan fingerprint density at radius 3 is 2.25 bits per heavy atom. The number of halogens is 7. The SMILES string of the molecule is Cn1cc(C(F)(F)F)nc1-c1ccc(COc2nc(Cl)ncc2OC[C@@H](NC(=O)OC(C)(C)C)C(F)(F)F)cc1. The summed E-state index contributed by atoms with van der Waals surface area (Å²) >= 11 is 5.80. The molecule has 0 bridgehead atoms. The first-order chi connectivity index (χ1) is 18.4. The summed E-state index contributed by atoms with van der Waals surface area (Å²) in [4.78, 5) is 23.0. The molecule has 2 aromatic heterocycles. The summed E-state index contributed by atoms with van der Waals surface area (Å²) in [7, 11) is 1.43. The van der Waals surface area contributed by atoms with Crippen molar-refractivity contribution in [2.45, 2.75) is 51.4 Å². The third kappa shape index (κ3) is 8.63. The minimum atomic E-state index is -4.87. The number of nitrogens with one attached hydrogen (secondary N) is 1. The Kier molecular flexibility index (Phi) is 9.07. The van der Waals surface area contributed by atoms with Crippen molar-refractivity contribution < 1.29 is 45.3 Å². The van der Waals surface area contributed by atoms with Crippen LogP contribution in [-0.4, -0.2) is 50.0 Å². The Bertz CT molecular complexity index is 1320. The molecule has 3 rings (SSSR count). The van der Waals surface area contributed by atoms with E-state index in [2.05, 4.69) is 15.0 Å². The quantitative estimate of drug-likeness (QED) is 0.253. The lowest BCUT2D eigenvalue weighted by Gasteiger charge is -2.25. The van der Waals surface area contributed by atoms with E-state index >= 15 is 0 Å². The van der Waals surface area contributed by atoms with Crippen LogP contribution in [0.5, 0.6) is 11.6 Å². The number of aromatic nitrogens is 4. The second-order valence-corrected chi connectivity index (χ2v) is 9.74. The maximum atomic E-state index is 13.5. The molecular formula is C24H24ClF6N5O4. The monoisotopic (exact) mass is 595 g/mol. The van der Waals surface area contributed by atoms with Gasteiger partial charge in [-0.25, -0.2) is 14.8 Å². The van der Waals surface area contributed by atoms with Crippen molar-refractivity contribution in [1.29, 1.82) is 0 Å². The van der Waals surface area contributed by atoms with Gasteiger partial charge in [0.2, 0.25) is 5.28 Å². The Balaban J connectivity index is 1.69. The topological polar surface area (TPSA) is 100 Å². The van der Waals surface area contributed by atoms with E-state index in [1.165, 1.54) is 44.5 Å². The molecule has 0 aliphatic rings. The minimum absolute atomic E-state index is 0.0947. The molecule has 0 aliphatic carbocycles. The molecule has 0 radical (unpaired) electrons. The van der Waals surface area contributed by atoms with E-state index in [0.717, 1.165) is 12.4 Å². The molecule has 0 aliphatic heterocycles. The van der Waals surface area contributed by atoms with Gasteiger partial charge in [0, 0.05) is 18.8 Å². The summed E-state index contributed by atoms with van der Waals surface area (Å²) in [6.07, 6.45) is -8.87. The van der Waals surface area contributed by atoms with Gasteiger partial charge in [0.25, 0.3) is 5.88 Å². The van der Waals surface area contributed by atoms with Crippen LogP contribution < -0.4 is 14.8 Å². The van der Waals surface area contributed by atoms with Crippen LogP contribution in [0.4, 0.5) is 31.1 Å². The van der Waals surface area contributed by atoms with Crippen LogP contribution >= 0.6 is 11.6 Å². The van der Waals surface area contributed by atoms with E-state index in [0.29, 0.717) is 11.1 Å². The fraction of sp³-hybridized carbons (Fsp3) is 0.417. The highest BCUT2D eigenvalue weighted by atomic mass is 35.5. The number of hydrogen-bond donors (Lipinski definition) is 1. The number of hydrogen-bond acceptors (Lipinski definition) is 7. The first-order valence-corrected chi connectivity index (χ1v) is 11.8. The predicted octanol–water partition coefficient (Wildman–Crippen LogP) is 5.96. The summed E-state index contributed by atoms with van der Waals surface area (Å²) in [6.45, 7) is 3.28. The molecule has 0 saturated heterocycles. The van der Waals surface area contributed by atoms with Gasteiger partial charge in [0.1, 0.15) is 24.6 Å². The Morgan fingerprint density at radius 1 is 1.05 bits per heavy atom. The molecule has 1 atom stereocenters. The van der Waals surface area contributed by atoms with Crippen LogP contribution in [0.3, 0.4) is 0 Å². The molecule has 9 nitrogen and oxygen atoms in total. The second kappa shape index (κ2) is 11.8. The fourth-order valence-corrected chi connectivity index (χ4v) is 3.28. The minimum Gasteiger partial charge on any atom is -0.484 e. The van der Waals surface area contributed by atoms with Crippen molar-refractivity contribution in [3.8, 4) is 23.0 Å². The van der Waals surface area contributed by atoms with Crippen LogP contribution in [0.25, 0.3) is 11.4 Å². The maximum Gasteiger partial charge on any atom is 0.434 e. The van der Waals surface area contributed by atoms with E-state index in [1.807, 2.05) is 0 Å². The lowest BCUT2D eigenvalue weighted by molar-refractivity contribution is -0.161. The number of alkyl carbamates (subject to hydrolysis) is 1. The number of benzene rings is 1. The number of alkyl halides is 6. The first-order valence-electron chi connectivity index (χ1n) is 11.5. The third-order valence-electron chi connectivity index (χ3n) is 4.94. The number of rotatable bonds is 8. The van der Waals surface area contributed by atoms with Crippen LogP contribution in [-0.2, 0) is 24.6 Å². The van der Waals surface area contributed by atoms with Gasteiger partial charge in [-0.1, -0.05) is 24.3 Å². The summed E-state index contributed by atoms with van der Waals surface area (Å²) < 4.78 is 96.2. The van der Waals surface area contributed by atoms with Gasteiger partial charge in [-0.15, -0.1) is 0 Å². The maximum absolute atomic E-state index is 13.5. The molecule has 1 amide bonds. The van der Waals surface area contributed by atoms with Crippen molar-refractivity contribution in [2.75, 3.05) is 6.61 Å². The molecular weight excluding hydrogens is 572 g/mol. The van der Waals surface area contributed by atoms with E-state index in [9.17, 15) is 31.1 Å². The highest BCUT2D eigenvalue weighted by molar-refractivity contribution is 6.28. The molecule has 218 valence electrons.